The molecule has 5 heteroatoms. The van der Waals surface area contributed by atoms with E-state index in [0.29, 0.717) is 17.1 Å². The standard InChI is InChI=1S/C15H15FN2O2/c1-19-13-4-2-3-12(15(17)18)14(13)20-9-10-5-7-11(16)8-6-10/h2-8H,9H2,1H3,(H3,17,18). The maximum atomic E-state index is 12.8. The molecular formula is C15H15FN2O2. The normalized spacial score (nSPS) is 10.1. The van der Waals surface area contributed by atoms with Crippen molar-refractivity contribution in [3.63, 3.8) is 0 Å². The Kier molecular flexibility index (Phi) is 4.20. The van der Waals surface area contributed by atoms with Gasteiger partial charge in [-0.2, -0.15) is 0 Å². The van der Waals surface area contributed by atoms with Crippen LogP contribution in [0.5, 0.6) is 11.5 Å². The highest BCUT2D eigenvalue weighted by atomic mass is 19.1. The van der Waals surface area contributed by atoms with E-state index in [2.05, 4.69) is 0 Å². The van der Waals surface area contributed by atoms with Crippen molar-refractivity contribution >= 4 is 5.84 Å². The quantitative estimate of drug-likeness (QED) is 0.650. The number of halogens is 1. The molecule has 0 unspecified atom stereocenters. The molecule has 0 aromatic heterocycles. The SMILES string of the molecule is COc1cccc(C(=N)N)c1OCc1ccc(F)cc1. The van der Waals surface area contributed by atoms with Crippen molar-refractivity contribution in [1.29, 1.82) is 5.41 Å². The van der Waals surface area contributed by atoms with Crippen molar-refractivity contribution in [2.45, 2.75) is 6.61 Å². The Morgan fingerprint density at radius 2 is 1.90 bits per heavy atom. The highest BCUT2D eigenvalue weighted by Crippen LogP contribution is 2.31. The van der Waals surface area contributed by atoms with Crippen LogP contribution in [-0.4, -0.2) is 12.9 Å². The van der Waals surface area contributed by atoms with Gasteiger partial charge >= 0.3 is 0 Å². The van der Waals surface area contributed by atoms with E-state index in [9.17, 15) is 4.39 Å². The third kappa shape index (κ3) is 3.06. The highest BCUT2D eigenvalue weighted by molar-refractivity contribution is 5.98. The Balaban J connectivity index is 2.23. The van der Waals surface area contributed by atoms with Gasteiger partial charge in [-0.05, 0) is 29.8 Å². The van der Waals surface area contributed by atoms with Gasteiger partial charge in [-0.25, -0.2) is 4.39 Å². The number of nitrogen functional groups attached to an aromatic ring is 1. The Morgan fingerprint density at radius 3 is 2.50 bits per heavy atom. The third-order valence-corrected chi connectivity index (χ3v) is 2.79. The first-order valence-corrected chi connectivity index (χ1v) is 6.00. The van der Waals surface area contributed by atoms with E-state index < -0.39 is 0 Å². The summed E-state index contributed by atoms with van der Waals surface area (Å²) in [5.74, 6) is 0.514. The summed E-state index contributed by atoms with van der Waals surface area (Å²) < 4.78 is 23.7. The molecule has 0 radical (unpaired) electrons. The van der Waals surface area contributed by atoms with Gasteiger partial charge in [0.1, 0.15) is 18.3 Å². The van der Waals surface area contributed by atoms with Crippen molar-refractivity contribution in [3.05, 3.63) is 59.4 Å². The van der Waals surface area contributed by atoms with Crippen LogP contribution in [0.4, 0.5) is 4.39 Å². The zero-order valence-corrected chi connectivity index (χ0v) is 11.0. The van der Waals surface area contributed by atoms with Gasteiger partial charge in [0.15, 0.2) is 11.5 Å². The summed E-state index contributed by atoms with van der Waals surface area (Å²) in [6.07, 6.45) is 0. The lowest BCUT2D eigenvalue weighted by Crippen LogP contribution is -2.13. The van der Waals surface area contributed by atoms with Crippen LogP contribution in [0.2, 0.25) is 0 Å². The number of amidine groups is 1. The summed E-state index contributed by atoms with van der Waals surface area (Å²) in [5, 5.41) is 7.55. The maximum Gasteiger partial charge on any atom is 0.172 e. The van der Waals surface area contributed by atoms with Gasteiger partial charge in [0.05, 0.1) is 12.7 Å². The molecule has 0 heterocycles. The monoisotopic (exact) mass is 274 g/mol. The molecule has 0 aliphatic carbocycles. The lowest BCUT2D eigenvalue weighted by atomic mass is 10.1. The molecule has 3 N–H and O–H groups in total. The molecule has 2 aromatic carbocycles. The fourth-order valence-corrected chi connectivity index (χ4v) is 1.77. The molecule has 4 nitrogen and oxygen atoms in total. The molecule has 0 bridgehead atoms. The summed E-state index contributed by atoms with van der Waals surface area (Å²) in [6.45, 7) is 0.237. The number of rotatable bonds is 5. The molecule has 104 valence electrons. The van der Waals surface area contributed by atoms with Crippen LogP contribution in [0.15, 0.2) is 42.5 Å². The third-order valence-electron chi connectivity index (χ3n) is 2.79. The van der Waals surface area contributed by atoms with E-state index >= 15 is 0 Å². The Morgan fingerprint density at radius 1 is 1.20 bits per heavy atom. The van der Waals surface area contributed by atoms with Crippen LogP contribution in [0, 0.1) is 11.2 Å². The van der Waals surface area contributed by atoms with Gasteiger partial charge < -0.3 is 15.2 Å². The number of hydrogen-bond donors (Lipinski definition) is 2. The van der Waals surface area contributed by atoms with Crippen LogP contribution in [0.25, 0.3) is 0 Å². The van der Waals surface area contributed by atoms with E-state index in [1.165, 1.54) is 19.2 Å². The van der Waals surface area contributed by atoms with Gasteiger partial charge in [0, 0.05) is 0 Å². The summed E-state index contributed by atoms with van der Waals surface area (Å²) in [7, 11) is 1.52. The fraction of sp³-hybridized carbons (Fsp3) is 0.133. The second-order valence-corrected chi connectivity index (χ2v) is 4.17. The number of benzene rings is 2. The van der Waals surface area contributed by atoms with Crippen molar-refractivity contribution < 1.29 is 13.9 Å². The van der Waals surface area contributed by atoms with Crippen LogP contribution in [0.3, 0.4) is 0 Å². The minimum absolute atomic E-state index is 0.0991. The minimum Gasteiger partial charge on any atom is -0.493 e. The van der Waals surface area contributed by atoms with Crippen molar-refractivity contribution in [2.24, 2.45) is 5.73 Å². The first-order valence-electron chi connectivity index (χ1n) is 6.00. The molecule has 0 saturated heterocycles. The molecule has 0 atom stereocenters. The van der Waals surface area contributed by atoms with E-state index in [4.69, 9.17) is 20.6 Å². The summed E-state index contributed by atoms with van der Waals surface area (Å²) in [4.78, 5) is 0. The molecule has 0 saturated carbocycles. The lowest BCUT2D eigenvalue weighted by Gasteiger charge is -2.14. The first kappa shape index (κ1) is 13.9. The van der Waals surface area contributed by atoms with Crippen LogP contribution in [-0.2, 0) is 6.61 Å². The van der Waals surface area contributed by atoms with Gasteiger partial charge in [-0.3, -0.25) is 5.41 Å². The Bertz CT molecular complexity index is 612. The number of nitrogens with one attached hydrogen (secondary N) is 1. The zero-order valence-electron chi connectivity index (χ0n) is 11.0. The number of para-hydroxylation sites is 1. The molecule has 2 aromatic rings. The largest absolute Gasteiger partial charge is 0.493 e. The van der Waals surface area contributed by atoms with Gasteiger partial charge in [0.25, 0.3) is 0 Å². The van der Waals surface area contributed by atoms with Crippen molar-refractivity contribution in [1.82, 2.24) is 0 Å². The number of nitrogens with two attached hydrogens (primary N) is 1. The number of methoxy groups -OCH3 is 1. The second-order valence-electron chi connectivity index (χ2n) is 4.17. The summed E-state index contributed by atoms with van der Waals surface area (Å²) in [5.41, 5.74) is 6.80. The van der Waals surface area contributed by atoms with Crippen molar-refractivity contribution in [3.8, 4) is 11.5 Å². The van der Waals surface area contributed by atoms with Crippen LogP contribution in [0.1, 0.15) is 11.1 Å². The molecular weight excluding hydrogens is 259 g/mol. The summed E-state index contributed by atoms with van der Waals surface area (Å²) in [6, 6.07) is 11.2. The molecule has 0 spiro atoms. The van der Waals surface area contributed by atoms with E-state index in [1.54, 1.807) is 30.3 Å². The fourth-order valence-electron chi connectivity index (χ4n) is 1.77. The molecule has 0 aliphatic heterocycles. The van der Waals surface area contributed by atoms with E-state index in [1.807, 2.05) is 0 Å². The van der Waals surface area contributed by atoms with Crippen molar-refractivity contribution in [2.75, 3.05) is 7.11 Å². The van der Waals surface area contributed by atoms with Gasteiger partial charge in [0.2, 0.25) is 0 Å². The van der Waals surface area contributed by atoms with Crippen LogP contribution < -0.4 is 15.2 Å². The van der Waals surface area contributed by atoms with E-state index in [0.717, 1.165) is 5.56 Å². The molecule has 2 rings (SSSR count). The molecule has 0 fully saturated rings. The van der Waals surface area contributed by atoms with Gasteiger partial charge in [-0.1, -0.05) is 18.2 Å². The topological polar surface area (TPSA) is 68.3 Å². The Hall–Kier alpha value is -2.56. The average molecular weight is 274 g/mol. The van der Waals surface area contributed by atoms with E-state index in [-0.39, 0.29) is 18.3 Å². The number of ether oxygens (including phenoxy) is 2. The lowest BCUT2D eigenvalue weighted by molar-refractivity contribution is 0.284. The van der Waals surface area contributed by atoms with Gasteiger partial charge in [-0.15, -0.1) is 0 Å². The predicted molar refractivity (Wildman–Crippen MR) is 74.7 cm³/mol. The highest BCUT2D eigenvalue weighted by Gasteiger charge is 2.12. The second kappa shape index (κ2) is 6.06. The summed E-state index contributed by atoms with van der Waals surface area (Å²) >= 11 is 0. The number of hydrogen-bond acceptors (Lipinski definition) is 3. The first-order chi connectivity index (χ1) is 9.61. The smallest absolute Gasteiger partial charge is 0.172 e. The predicted octanol–water partition coefficient (Wildman–Crippen LogP) is 2.70. The molecule has 0 aliphatic rings. The Labute approximate surface area is 116 Å². The maximum absolute atomic E-state index is 12.8. The zero-order chi connectivity index (χ0) is 14.5. The minimum atomic E-state index is -0.296. The molecule has 20 heavy (non-hydrogen) atoms. The molecule has 0 amide bonds. The van der Waals surface area contributed by atoms with Crippen LogP contribution >= 0.6 is 0 Å². The average Bonchev–Trinajstić information content (AvgIpc) is 2.46.